The highest BCUT2D eigenvalue weighted by molar-refractivity contribution is 7.08. The molecule has 1 amide bonds. The van der Waals surface area contributed by atoms with Crippen molar-refractivity contribution in [1.82, 2.24) is 5.32 Å². The predicted octanol–water partition coefficient (Wildman–Crippen LogP) is 2.44. The molecule has 0 radical (unpaired) electrons. The lowest BCUT2D eigenvalue weighted by atomic mass is 10.1. The van der Waals surface area contributed by atoms with Gasteiger partial charge in [0.2, 0.25) is 0 Å². The molecule has 3 N–H and O–H groups in total. The van der Waals surface area contributed by atoms with Gasteiger partial charge in [0.1, 0.15) is 5.82 Å². The van der Waals surface area contributed by atoms with Crippen molar-refractivity contribution in [2.75, 3.05) is 6.54 Å². The molecule has 0 unspecified atom stereocenters. The Kier molecular flexibility index (Phi) is 5.09. The molecule has 0 bridgehead atoms. The van der Waals surface area contributed by atoms with Crippen LogP contribution in [0.15, 0.2) is 29.0 Å². The van der Waals surface area contributed by atoms with Gasteiger partial charge in [0.05, 0.1) is 12.1 Å². The van der Waals surface area contributed by atoms with E-state index in [1.165, 1.54) is 12.1 Å². The molecule has 2 rings (SSSR count). The van der Waals surface area contributed by atoms with Crippen LogP contribution in [0.25, 0.3) is 0 Å². The van der Waals surface area contributed by atoms with E-state index in [4.69, 9.17) is 5.73 Å². The van der Waals surface area contributed by atoms with Gasteiger partial charge < -0.3 is 11.1 Å². The van der Waals surface area contributed by atoms with E-state index < -0.39 is 5.82 Å². The molecule has 0 aliphatic rings. The van der Waals surface area contributed by atoms with E-state index in [0.29, 0.717) is 6.54 Å². The Morgan fingerprint density at radius 1 is 1.43 bits per heavy atom. The number of halogens is 1. The quantitative estimate of drug-likeness (QED) is 0.856. The zero-order chi connectivity index (χ0) is 15.2. The number of carbonyl (C=O) groups is 1. The van der Waals surface area contributed by atoms with E-state index in [1.807, 2.05) is 17.7 Å². The molecule has 0 saturated heterocycles. The number of nitrogens with one attached hydrogen (secondary N) is 1. The summed E-state index contributed by atoms with van der Waals surface area (Å²) in [6.45, 7) is 2.59. The average molecular weight is 302 g/mol. The van der Waals surface area contributed by atoms with Crippen molar-refractivity contribution >= 4 is 17.2 Å². The summed E-state index contributed by atoms with van der Waals surface area (Å²) in [6.07, 6.45) is 0. The van der Waals surface area contributed by atoms with Crippen LogP contribution in [-0.4, -0.2) is 12.5 Å². The molecule has 1 aromatic heterocycles. The summed E-state index contributed by atoms with van der Waals surface area (Å²) in [5.74, 6) is 4.38. The molecule has 0 fully saturated rings. The fourth-order valence-electron chi connectivity index (χ4n) is 1.75. The van der Waals surface area contributed by atoms with E-state index in [1.54, 1.807) is 17.4 Å². The van der Waals surface area contributed by atoms with Gasteiger partial charge in [-0.25, -0.2) is 4.39 Å². The Hall–Kier alpha value is -2.16. The van der Waals surface area contributed by atoms with Crippen molar-refractivity contribution in [2.24, 2.45) is 5.73 Å². The van der Waals surface area contributed by atoms with Crippen molar-refractivity contribution < 1.29 is 9.18 Å². The van der Waals surface area contributed by atoms with Gasteiger partial charge in [-0.3, -0.25) is 4.79 Å². The van der Waals surface area contributed by atoms with Crippen molar-refractivity contribution in [3.63, 3.8) is 0 Å². The minimum absolute atomic E-state index is 0.168. The largest absolute Gasteiger partial charge is 0.348 e. The summed E-state index contributed by atoms with van der Waals surface area (Å²) in [5, 5.41) is 6.78. The molecule has 0 aliphatic heterocycles. The van der Waals surface area contributed by atoms with E-state index in [0.717, 1.165) is 11.1 Å². The molecule has 0 saturated carbocycles. The second-order valence-corrected chi connectivity index (χ2v) is 5.21. The predicted molar refractivity (Wildman–Crippen MR) is 82.6 cm³/mol. The van der Waals surface area contributed by atoms with Crippen molar-refractivity contribution in [2.45, 2.75) is 13.5 Å². The maximum absolute atomic E-state index is 13.8. The first-order valence-corrected chi connectivity index (χ1v) is 7.34. The Bertz CT molecular complexity index is 713. The van der Waals surface area contributed by atoms with E-state index in [-0.39, 0.29) is 23.6 Å². The summed E-state index contributed by atoms with van der Waals surface area (Å²) >= 11 is 1.59. The molecule has 2 aromatic rings. The lowest BCUT2D eigenvalue weighted by Crippen LogP contribution is -2.23. The monoisotopic (exact) mass is 302 g/mol. The number of amides is 1. The second-order valence-electron chi connectivity index (χ2n) is 4.46. The van der Waals surface area contributed by atoms with Crippen LogP contribution in [-0.2, 0) is 6.54 Å². The fourth-order valence-corrected chi connectivity index (χ4v) is 2.61. The first-order chi connectivity index (χ1) is 10.1. The van der Waals surface area contributed by atoms with Gasteiger partial charge >= 0.3 is 0 Å². The van der Waals surface area contributed by atoms with Crippen LogP contribution < -0.4 is 11.1 Å². The maximum Gasteiger partial charge on any atom is 0.251 e. The molecule has 3 nitrogen and oxygen atoms in total. The zero-order valence-electron chi connectivity index (χ0n) is 11.6. The normalized spacial score (nSPS) is 9.86. The van der Waals surface area contributed by atoms with Crippen LogP contribution in [0.1, 0.15) is 27.0 Å². The van der Waals surface area contributed by atoms with E-state index >= 15 is 0 Å². The summed E-state index contributed by atoms with van der Waals surface area (Å²) in [6, 6.07) is 4.23. The lowest BCUT2D eigenvalue weighted by Gasteiger charge is -2.06. The van der Waals surface area contributed by atoms with Crippen molar-refractivity contribution in [1.29, 1.82) is 0 Å². The number of nitrogens with two attached hydrogens (primary N) is 1. The van der Waals surface area contributed by atoms with Crippen LogP contribution in [0.4, 0.5) is 4.39 Å². The summed E-state index contributed by atoms with van der Waals surface area (Å²) in [7, 11) is 0. The molecule has 0 spiro atoms. The Balaban J connectivity index is 2.06. The van der Waals surface area contributed by atoms with Gasteiger partial charge in [0, 0.05) is 12.1 Å². The highest BCUT2D eigenvalue weighted by Gasteiger charge is 2.09. The number of rotatable bonds is 3. The molecular formula is C16H15FN2OS. The molecule has 1 heterocycles. The third-order valence-electron chi connectivity index (χ3n) is 2.96. The number of aryl methyl sites for hydroxylation is 1. The van der Waals surface area contributed by atoms with Crippen molar-refractivity contribution in [3.8, 4) is 11.8 Å². The lowest BCUT2D eigenvalue weighted by molar-refractivity contribution is 0.0950. The van der Waals surface area contributed by atoms with Crippen LogP contribution in [0, 0.1) is 24.6 Å². The molecule has 21 heavy (non-hydrogen) atoms. The fraction of sp³-hybridized carbons (Fsp3) is 0.188. The second kappa shape index (κ2) is 7.02. The molecular weight excluding hydrogens is 287 g/mol. The van der Waals surface area contributed by atoms with E-state index in [9.17, 15) is 9.18 Å². The zero-order valence-corrected chi connectivity index (χ0v) is 12.4. The van der Waals surface area contributed by atoms with Gasteiger partial charge in [0.15, 0.2) is 0 Å². The van der Waals surface area contributed by atoms with Gasteiger partial charge in [-0.15, -0.1) is 0 Å². The first-order valence-electron chi connectivity index (χ1n) is 6.40. The number of hydrogen-bond donors (Lipinski definition) is 2. The molecule has 0 aliphatic carbocycles. The number of hydrogen-bond acceptors (Lipinski definition) is 3. The summed E-state index contributed by atoms with van der Waals surface area (Å²) < 4.78 is 13.8. The van der Waals surface area contributed by atoms with Crippen LogP contribution in [0.3, 0.4) is 0 Å². The first kappa shape index (κ1) is 15.2. The number of benzene rings is 1. The minimum Gasteiger partial charge on any atom is -0.348 e. The molecule has 0 atom stereocenters. The van der Waals surface area contributed by atoms with Gasteiger partial charge in [-0.05, 0) is 47.0 Å². The SMILES string of the molecule is Cc1cscc1CNC(=O)c1ccc(C#CCN)c(F)c1. The Labute approximate surface area is 127 Å². The maximum atomic E-state index is 13.8. The topological polar surface area (TPSA) is 55.1 Å². The summed E-state index contributed by atoms with van der Waals surface area (Å²) in [4.78, 5) is 12.0. The third-order valence-corrected chi connectivity index (χ3v) is 3.87. The van der Waals surface area contributed by atoms with Gasteiger partial charge in [-0.2, -0.15) is 11.3 Å². The van der Waals surface area contributed by atoms with Crippen molar-refractivity contribution in [3.05, 3.63) is 57.0 Å². The van der Waals surface area contributed by atoms with Crippen LogP contribution in [0.2, 0.25) is 0 Å². The molecule has 1 aromatic carbocycles. The standard InChI is InChI=1S/C16H15FN2OS/c1-11-9-21-10-14(11)8-19-16(20)13-5-4-12(3-2-6-18)15(17)7-13/h4-5,7,9-10H,6,8,18H2,1H3,(H,19,20). The van der Waals surface area contributed by atoms with Crippen LogP contribution >= 0.6 is 11.3 Å². The van der Waals surface area contributed by atoms with Gasteiger partial charge in [-0.1, -0.05) is 11.8 Å². The number of carbonyl (C=O) groups excluding carboxylic acids is 1. The molecule has 108 valence electrons. The highest BCUT2D eigenvalue weighted by Crippen LogP contribution is 2.14. The smallest absolute Gasteiger partial charge is 0.251 e. The van der Waals surface area contributed by atoms with Gasteiger partial charge in [0.25, 0.3) is 5.91 Å². The van der Waals surface area contributed by atoms with E-state index in [2.05, 4.69) is 17.2 Å². The Morgan fingerprint density at radius 2 is 2.24 bits per heavy atom. The average Bonchev–Trinajstić information content (AvgIpc) is 2.88. The number of thiophene rings is 1. The van der Waals surface area contributed by atoms with Crippen LogP contribution in [0.5, 0.6) is 0 Å². The third kappa shape index (κ3) is 3.91. The summed E-state index contributed by atoms with van der Waals surface area (Å²) in [5.41, 5.74) is 7.97. The molecule has 5 heteroatoms. The highest BCUT2D eigenvalue weighted by atomic mass is 32.1. The minimum atomic E-state index is -0.518. The Morgan fingerprint density at radius 3 is 2.86 bits per heavy atom.